The average molecular weight is 459 g/mol. The largest absolute Gasteiger partial charge is 0.466 e. The first-order valence-corrected chi connectivity index (χ1v) is 10.6. The van der Waals surface area contributed by atoms with Crippen LogP contribution in [0.4, 0.5) is 0 Å². The molecule has 0 saturated carbocycles. The van der Waals surface area contributed by atoms with Crippen molar-refractivity contribution < 1.29 is 9.53 Å². The van der Waals surface area contributed by atoms with Gasteiger partial charge in [-0.3, -0.25) is 9.36 Å². The Kier molecular flexibility index (Phi) is 5.64. The van der Waals surface area contributed by atoms with E-state index in [9.17, 15) is 9.59 Å². The fourth-order valence-corrected chi connectivity index (χ4v) is 4.77. The Hall–Kier alpha value is -2.67. The molecule has 1 aliphatic heterocycles. The van der Waals surface area contributed by atoms with E-state index in [1.54, 1.807) is 43.3 Å². The van der Waals surface area contributed by atoms with Gasteiger partial charge in [0.05, 0.1) is 29.0 Å². The Morgan fingerprint density at radius 2 is 1.90 bits per heavy atom. The minimum atomic E-state index is -0.681. The lowest BCUT2D eigenvalue weighted by molar-refractivity contribution is -0.136. The van der Waals surface area contributed by atoms with E-state index in [0.29, 0.717) is 36.2 Å². The Labute approximate surface area is 186 Å². The van der Waals surface area contributed by atoms with E-state index in [1.807, 2.05) is 18.2 Å². The summed E-state index contributed by atoms with van der Waals surface area (Å²) in [5.74, 6) is -0.534. The zero-order chi connectivity index (χ0) is 21.4. The lowest BCUT2D eigenvalue weighted by Gasteiger charge is -2.24. The molecule has 2 heterocycles. The maximum absolute atomic E-state index is 13.4. The molecule has 4 rings (SSSR count). The van der Waals surface area contributed by atoms with Gasteiger partial charge in [0.25, 0.3) is 5.56 Å². The highest BCUT2D eigenvalue weighted by molar-refractivity contribution is 7.07. The van der Waals surface area contributed by atoms with Gasteiger partial charge in [0.1, 0.15) is 0 Å². The number of ether oxygens (including phenoxy) is 1. The van der Waals surface area contributed by atoms with Crippen molar-refractivity contribution in [2.75, 3.05) is 7.11 Å². The van der Waals surface area contributed by atoms with Gasteiger partial charge in [0.2, 0.25) is 0 Å². The van der Waals surface area contributed by atoms with Gasteiger partial charge < -0.3 is 4.74 Å². The molecule has 0 N–H and O–H groups in total. The van der Waals surface area contributed by atoms with E-state index in [2.05, 4.69) is 4.99 Å². The number of carbonyl (C=O) groups excluding carboxylic acids is 1. The van der Waals surface area contributed by atoms with Crippen LogP contribution in [-0.4, -0.2) is 17.6 Å². The summed E-state index contributed by atoms with van der Waals surface area (Å²) in [4.78, 5) is 31.0. The van der Waals surface area contributed by atoms with Crippen LogP contribution < -0.4 is 14.9 Å². The predicted octanol–water partition coefficient (Wildman–Crippen LogP) is 3.72. The first-order chi connectivity index (χ1) is 14.4. The van der Waals surface area contributed by atoms with Gasteiger partial charge in [-0.15, -0.1) is 0 Å². The lowest BCUT2D eigenvalue weighted by atomic mass is 9.96. The number of aromatic nitrogens is 1. The van der Waals surface area contributed by atoms with Gasteiger partial charge >= 0.3 is 5.97 Å². The topological polar surface area (TPSA) is 60.7 Å². The summed E-state index contributed by atoms with van der Waals surface area (Å²) in [5, 5.41) is 1.13. The summed E-state index contributed by atoms with van der Waals surface area (Å²) in [5.41, 5.74) is 2.12. The van der Waals surface area contributed by atoms with Crippen LogP contribution in [0.1, 0.15) is 24.1 Å². The molecule has 8 heteroatoms. The number of rotatable bonds is 3. The summed E-state index contributed by atoms with van der Waals surface area (Å²) >= 11 is 13.4. The second-order valence-electron chi connectivity index (χ2n) is 6.68. The number of hydrogen-bond acceptors (Lipinski definition) is 5. The third-order valence-electron chi connectivity index (χ3n) is 4.76. The number of thiazole rings is 1. The molecule has 1 atom stereocenters. The third kappa shape index (κ3) is 3.74. The molecule has 1 unspecified atom stereocenters. The summed E-state index contributed by atoms with van der Waals surface area (Å²) in [6.07, 6.45) is 1.78. The molecule has 0 fully saturated rings. The summed E-state index contributed by atoms with van der Waals surface area (Å²) in [6.45, 7) is 1.74. The summed E-state index contributed by atoms with van der Waals surface area (Å²) in [6, 6.07) is 13.6. The number of esters is 1. The van der Waals surface area contributed by atoms with Crippen LogP contribution in [0.15, 0.2) is 69.6 Å². The molecule has 2 aromatic carbocycles. The van der Waals surface area contributed by atoms with Crippen molar-refractivity contribution in [1.82, 2.24) is 4.57 Å². The molecule has 0 aliphatic carbocycles. The van der Waals surface area contributed by atoms with Crippen LogP contribution >= 0.6 is 34.5 Å². The molecule has 0 bridgehead atoms. The molecule has 30 heavy (non-hydrogen) atoms. The fraction of sp³-hybridized carbons (Fsp3) is 0.136. The van der Waals surface area contributed by atoms with Crippen molar-refractivity contribution in [1.29, 1.82) is 0 Å². The van der Waals surface area contributed by atoms with Crippen molar-refractivity contribution >= 4 is 46.6 Å². The van der Waals surface area contributed by atoms with Gasteiger partial charge in [0.15, 0.2) is 4.80 Å². The second kappa shape index (κ2) is 8.22. The zero-order valence-electron chi connectivity index (χ0n) is 16.1. The van der Waals surface area contributed by atoms with Crippen LogP contribution in [-0.2, 0) is 9.53 Å². The molecule has 0 spiro atoms. The van der Waals surface area contributed by atoms with Crippen molar-refractivity contribution in [3.05, 3.63) is 101 Å². The Morgan fingerprint density at radius 1 is 1.17 bits per heavy atom. The van der Waals surface area contributed by atoms with E-state index in [-0.39, 0.29) is 5.56 Å². The molecular formula is C22H16Cl2N2O3S. The van der Waals surface area contributed by atoms with Crippen molar-refractivity contribution in [2.45, 2.75) is 13.0 Å². The average Bonchev–Trinajstić information content (AvgIpc) is 3.03. The predicted molar refractivity (Wildman–Crippen MR) is 119 cm³/mol. The van der Waals surface area contributed by atoms with E-state index < -0.39 is 12.0 Å². The number of carbonyl (C=O) groups is 1. The first kappa shape index (κ1) is 20.6. The maximum atomic E-state index is 13.4. The minimum absolute atomic E-state index is 0.243. The van der Waals surface area contributed by atoms with Gasteiger partial charge in [-0.1, -0.05) is 58.8 Å². The van der Waals surface area contributed by atoms with Gasteiger partial charge in [-0.05, 0) is 48.4 Å². The van der Waals surface area contributed by atoms with E-state index >= 15 is 0 Å². The first-order valence-electron chi connectivity index (χ1n) is 9.01. The van der Waals surface area contributed by atoms with Crippen LogP contribution in [0, 0.1) is 0 Å². The number of nitrogens with zero attached hydrogens (tertiary/aromatic N) is 2. The number of fused-ring (bicyclic) bond motifs is 1. The SMILES string of the molecule is COC(=O)C1=C(C)N=c2s/c(=C\c3ccc(Cl)cc3)c(=O)n2C1c1cccc(Cl)c1. The highest BCUT2D eigenvalue weighted by Gasteiger charge is 2.33. The Balaban J connectivity index is 1.98. The summed E-state index contributed by atoms with van der Waals surface area (Å²) in [7, 11) is 1.31. The maximum Gasteiger partial charge on any atom is 0.338 e. The highest BCUT2D eigenvalue weighted by Crippen LogP contribution is 2.31. The van der Waals surface area contributed by atoms with Crippen molar-refractivity contribution in [3.63, 3.8) is 0 Å². The number of allylic oxidation sites excluding steroid dienone is 1. The van der Waals surface area contributed by atoms with Crippen LogP contribution in [0.25, 0.3) is 6.08 Å². The van der Waals surface area contributed by atoms with Gasteiger partial charge in [-0.2, -0.15) is 0 Å². The summed E-state index contributed by atoms with van der Waals surface area (Å²) < 4.78 is 7.02. The highest BCUT2D eigenvalue weighted by atomic mass is 35.5. The number of methoxy groups -OCH3 is 1. The van der Waals surface area contributed by atoms with E-state index in [4.69, 9.17) is 27.9 Å². The van der Waals surface area contributed by atoms with Crippen molar-refractivity contribution in [3.8, 4) is 0 Å². The zero-order valence-corrected chi connectivity index (χ0v) is 18.4. The molecular weight excluding hydrogens is 443 g/mol. The smallest absolute Gasteiger partial charge is 0.338 e. The fourth-order valence-electron chi connectivity index (χ4n) is 3.40. The second-order valence-corrected chi connectivity index (χ2v) is 8.56. The third-order valence-corrected chi connectivity index (χ3v) is 6.23. The van der Waals surface area contributed by atoms with E-state index in [1.165, 1.54) is 23.0 Å². The van der Waals surface area contributed by atoms with Gasteiger partial charge in [0, 0.05) is 10.0 Å². The molecule has 5 nitrogen and oxygen atoms in total. The monoisotopic (exact) mass is 458 g/mol. The Morgan fingerprint density at radius 3 is 2.57 bits per heavy atom. The number of benzene rings is 2. The number of hydrogen-bond donors (Lipinski definition) is 0. The molecule has 1 aromatic heterocycles. The minimum Gasteiger partial charge on any atom is -0.466 e. The molecule has 1 aliphatic rings. The quantitative estimate of drug-likeness (QED) is 0.561. The standard InChI is InChI=1S/C22H16Cl2N2O3S/c1-12-18(21(28)29-2)19(14-4-3-5-16(24)11-14)26-20(27)17(30-22(26)25-12)10-13-6-8-15(23)9-7-13/h3-11,19H,1-2H3/b17-10-. The molecule has 0 saturated heterocycles. The van der Waals surface area contributed by atoms with E-state index in [0.717, 1.165) is 5.56 Å². The van der Waals surface area contributed by atoms with Crippen molar-refractivity contribution in [2.24, 2.45) is 4.99 Å². The lowest BCUT2D eigenvalue weighted by Crippen LogP contribution is -2.39. The van der Waals surface area contributed by atoms with Crippen LogP contribution in [0.3, 0.4) is 0 Å². The number of halogens is 2. The molecule has 0 radical (unpaired) electrons. The normalized spacial score (nSPS) is 16.3. The Bertz CT molecular complexity index is 1350. The molecule has 0 amide bonds. The van der Waals surface area contributed by atoms with Crippen LogP contribution in [0.2, 0.25) is 10.0 Å². The molecule has 152 valence electrons. The molecule has 3 aromatic rings. The van der Waals surface area contributed by atoms with Gasteiger partial charge in [-0.25, -0.2) is 9.79 Å². The van der Waals surface area contributed by atoms with Crippen LogP contribution in [0.5, 0.6) is 0 Å².